The monoisotopic (exact) mass is 416 g/mol. The Kier molecular flexibility index (Phi) is 5.32. The first-order chi connectivity index (χ1) is 15.1. The Labute approximate surface area is 184 Å². The third-order valence-electron chi connectivity index (χ3n) is 7.08. The molecule has 2 aromatic heterocycles. The molecule has 4 aromatic rings. The van der Waals surface area contributed by atoms with Crippen LogP contribution in [0.1, 0.15) is 17.5 Å². The minimum absolute atomic E-state index is 0.910. The van der Waals surface area contributed by atoms with Crippen LogP contribution in [0.3, 0.4) is 0 Å². The van der Waals surface area contributed by atoms with Gasteiger partial charge in [0.1, 0.15) is 5.75 Å². The zero-order valence-corrected chi connectivity index (χ0v) is 19.1. The standard InChI is InChI=1S/C26H32N4O/c1-18-23-17-27-9-8-21(23)19(2)26-25(18)22-16-20(31-4)6-7-24(22)30(26)11-5-10-29-14-12-28(3)13-15-29/h6-9,16-17H,5,10-15H2,1-4H3. The second-order valence-corrected chi connectivity index (χ2v) is 8.93. The number of piperazine rings is 1. The number of likely N-dealkylation sites (N-methyl/N-ethyl adjacent to an activating group) is 1. The maximum Gasteiger partial charge on any atom is 0.119 e. The van der Waals surface area contributed by atoms with Crippen LogP contribution in [-0.2, 0) is 6.54 Å². The van der Waals surface area contributed by atoms with Gasteiger partial charge in [0.05, 0.1) is 12.6 Å². The van der Waals surface area contributed by atoms with Crippen molar-refractivity contribution in [3.05, 3.63) is 47.8 Å². The number of benzene rings is 2. The summed E-state index contributed by atoms with van der Waals surface area (Å²) in [5, 5.41) is 5.16. The molecule has 0 spiro atoms. The summed E-state index contributed by atoms with van der Waals surface area (Å²) in [6.07, 6.45) is 5.07. The minimum atomic E-state index is 0.910. The van der Waals surface area contributed by atoms with E-state index in [1.807, 2.05) is 12.4 Å². The van der Waals surface area contributed by atoms with Gasteiger partial charge in [0.2, 0.25) is 0 Å². The van der Waals surface area contributed by atoms with Crippen LogP contribution in [-0.4, -0.2) is 66.2 Å². The molecular formula is C26H32N4O. The van der Waals surface area contributed by atoms with Crippen molar-refractivity contribution in [2.24, 2.45) is 0 Å². The summed E-state index contributed by atoms with van der Waals surface area (Å²) in [5.41, 5.74) is 5.30. The van der Waals surface area contributed by atoms with Crippen molar-refractivity contribution >= 4 is 32.6 Å². The molecule has 31 heavy (non-hydrogen) atoms. The lowest BCUT2D eigenvalue weighted by Crippen LogP contribution is -2.44. The van der Waals surface area contributed by atoms with E-state index >= 15 is 0 Å². The Balaban J connectivity index is 1.62. The second kappa shape index (κ2) is 8.13. The normalized spacial score (nSPS) is 16.0. The van der Waals surface area contributed by atoms with Crippen LogP contribution in [0.15, 0.2) is 36.7 Å². The number of nitrogens with zero attached hydrogens (tertiary/aromatic N) is 4. The number of hydrogen-bond acceptors (Lipinski definition) is 4. The van der Waals surface area contributed by atoms with Gasteiger partial charge in [-0.1, -0.05) is 0 Å². The zero-order chi connectivity index (χ0) is 21.5. The highest BCUT2D eigenvalue weighted by atomic mass is 16.5. The van der Waals surface area contributed by atoms with Crippen LogP contribution in [0.4, 0.5) is 0 Å². The van der Waals surface area contributed by atoms with Crippen molar-refractivity contribution in [3.63, 3.8) is 0 Å². The van der Waals surface area contributed by atoms with Gasteiger partial charge in [-0.15, -0.1) is 0 Å². The maximum atomic E-state index is 5.57. The van der Waals surface area contributed by atoms with Crippen LogP contribution in [0.5, 0.6) is 5.75 Å². The summed E-state index contributed by atoms with van der Waals surface area (Å²) < 4.78 is 8.12. The summed E-state index contributed by atoms with van der Waals surface area (Å²) >= 11 is 0. The first-order valence-corrected chi connectivity index (χ1v) is 11.3. The quantitative estimate of drug-likeness (QED) is 0.476. The van der Waals surface area contributed by atoms with Gasteiger partial charge in [-0.05, 0) is 74.6 Å². The molecule has 0 atom stereocenters. The Morgan fingerprint density at radius 2 is 1.74 bits per heavy atom. The largest absolute Gasteiger partial charge is 0.497 e. The van der Waals surface area contributed by atoms with Crippen LogP contribution >= 0.6 is 0 Å². The lowest BCUT2D eigenvalue weighted by molar-refractivity contribution is 0.151. The van der Waals surface area contributed by atoms with Crippen molar-refractivity contribution in [1.29, 1.82) is 0 Å². The Hall–Kier alpha value is -2.63. The van der Waals surface area contributed by atoms with E-state index in [0.29, 0.717) is 0 Å². The van der Waals surface area contributed by atoms with E-state index in [4.69, 9.17) is 4.74 Å². The lowest BCUT2D eigenvalue weighted by atomic mass is 9.97. The third kappa shape index (κ3) is 3.46. The molecule has 0 N–H and O–H groups in total. The summed E-state index contributed by atoms with van der Waals surface area (Å²) in [5.74, 6) is 0.910. The third-order valence-corrected chi connectivity index (χ3v) is 7.08. The van der Waals surface area contributed by atoms with Gasteiger partial charge in [-0.2, -0.15) is 0 Å². The van der Waals surface area contributed by atoms with Crippen LogP contribution in [0.2, 0.25) is 0 Å². The minimum Gasteiger partial charge on any atom is -0.497 e. The number of pyridine rings is 1. The second-order valence-electron chi connectivity index (χ2n) is 8.93. The summed E-state index contributed by atoms with van der Waals surface area (Å²) in [6.45, 7) is 11.4. The van der Waals surface area contributed by atoms with Gasteiger partial charge in [0.15, 0.2) is 0 Å². The lowest BCUT2D eigenvalue weighted by Gasteiger charge is -2.32. The van der Waals surface area contributed by atoms with Crippen molar-refractivity contribution < 1.29 is 4.74 Å². The molecule has 3 heterocycles. The molecule has 1 fully saturated rings. The molecule has 0 radical (unpaired) electrons. The van der Waals surface area contributed by atoms with Gasteiger partial charge in [-0.25, -0.2) is 0 Å². The summed E-state index contributed by atoms with van der Waals surface area (Å²) in [6, 6.07) is 8.67. The fourth-order valence-corrected chi connectivity index (χ4v) is 5.27. The van der Waals surface area contributed by atoms with Crippen LogP contribution in [0, 0.1) is 13.8 Å². The fourth-order valence-electron chi connectivity index (χ4n) is 5.27. The average Bonchev–Trinajstić information content (AvgIpc) is 3.12. The van der Waals surface area contributed by atoms with E-state index in [2.05, 4.69) is 64.5 Å². The van der Waals surface area contributed by atoms with E-state index in [1.54, 1.807) is 7.11 Å². The van der Waals surface area contributed by atoms with Crippen molar-refractivity contribution in [1.82, 2.24) is 19.4 Å². The number of fused-ring (bicyclic) bond motifs is 4. The van der Waals surface area contributed by atoms with Gasteiger partial charge in [0.25, 0.3) is 0 Å². The molecule has 162 valence electrons. The summed E-state index contributed by atoms with van der Waals surface area (Å²) in [4.78, 5) is 9.44. The van der Waals surface area contributed by atoms with Gasteiger partial charge < -0.3 is 19.1 Å². The topological polar surface area (TPSA) is 33.5 Å². The van der Waals surface area contributed by atoms with Crippen LogP contribution < -0.4 is 4.74 Å². The molecule has 1 aliphatic rings. The van der Waals surface area contributed by atoms with Crippen molar-refractivity contribution in [2.45, 2.75) is 26.8 Å². The number of aryl methyl sites for hydroxylation is 3. The molecule has 1 aliphatic heterocycles. The molecule has 5 nitrogen and oxygen atoms in total. The van der Waals surface area contributed by atoms with E-state index in [9.17, 15) is 0 Å². The number of hydrogen-bond donors (Lipinski definition) is 0. The molecule has 5 rings (SSSR count). The smallest absolute Gasteiger partial charge is 0.119 e. The molecule has 2 aromatic carbocycles. The fraction of sp³-hybridized carbons (Fsp3) is 0.423. The Morgan fingerprint density at radius 3 is 2.52 bits per heavy atom. The van der Waals surface area contributed by atoms with Crippen molar-refractivity contribution in [2.75, 3.05) is 46.9 Å². The van der Waals surface area contributed by atoms with Gasteiger partial charge in [0, 0.05) is 66.8 Å². The molecule has 0 bridgehead atoms. The molecule has 1 saturated heterocycles. The van der Waals surface area contributed by atoms with Gasteiger partial charge >= 0.3 is 0 Å². The molecule has 0 saturated carbocycles. The van der Waals surface area contributed by atoms with E-state index in [-0.39, 0.29) is 0 Å². The maximum absolute atomic E-state index is 5.57. The highest BCUT2D eigenvalue weighted by Gasteiger charge is 2.19. The predicted molar refractivity (Wildman–Crippen MR) is 129 cm³/mol. The number of methoxy groups -OCH3 is 1. The Morgan fingerprint density at radius 1 is 0.935 bits per heavy atom. The zero-order valence-electron chi connectivity index (χ0n) is 19.1. The van der Waals surface area contributed by atoms with Gasteiger partial charge in [-0.3, -0.25) is 4.98 Å². The van der Waals surface area contributed by atoms with Crippen LogP contribution in [0.25, 0.3) is 32.6 Å². The highest BCUT2D eigenvalue weighted by Crippen LogP contribution is 2.39. The molecule has 0 aliphatic carbocycles. The number of ether oxygens (including phenoxy) is 1. The highest BCUT2D eigenvalue weighted by molar-refractivity contribution is 6.17. The first-order valence-electron chi connectivity index (χ1n) is 11.3. The number of rotatable bonds is 5. The summed E-state index contributed by atoms with van der Waals surface area (Å²) in [7, 11) is 3.96. The molecular weight excluding hydrogens is 384 g/mol. The number of aromatic nitrogens is 2. The Bertz CT molecular complexity index is 1250. The van der Waals surface area contributed by atoms with E-state index in [0.717, 1.165) is 25.3 Å². The van der Waals surface area contributed by atoms with E-state index in [1.165, 1.54) is 69.9 Å². The molecule has 0 amide bonds. The SMILES string of the molecule is COc1ccc2c(c1)c1c(C)c3cnccc3c(C)c1n2CCCN1CCN(C)CC1. The first kappa shape index (κ1) is 20.3. The average molecular weight is 417 g/mol. The van der Waals surface area contributed by atoms with Crippen molar-refractivity contribution in [3.8, 4) is 5.75 Å². The predicted octanol–water partition coefficient (Wildman–Crippen LogP) is 4.61. The molecule has 0 unspecified atom stereocenters. The molecule has 5 heteroatoms. The van der Waals surface area contributed by atoms with E-state index < -0.39 is 0 Å².